The van der Waals surface area contributed by atoms with Gasteiger partial charge in [0.1, 0.15) is 5.69 Å². The molecule has 0 saturated carbocycles. The third-order valence-electron chi connectivity index (χ3n) is 2.34. The molecule has 7 heteroatoms. The number of nitrogens with one attached hydrogen (secondary N) is 2. The highest BCUT2D eigenvalue weighted by Crippen LogP contribution is 2.30. The van der Waals surface area contributed by atoms with Gasteiger partial charge in [0.15, 0.2) is 0 Å². The molecule has 1 heterocycles. The maximum atomic E-state index is 12.5. The van der Waals surface area contributed by atoms with Crippen molar-refractivity contribution >= 4 is 27.5 Å². The minimum atomic E-state index is -4.43. The number of halogens is 4. The lowest BCUT2D eigenvalue weighted by molar-refractivity contribution is -0.137. The second-order valence-corrected chi connectivity index (χ2v) is 4.68. The van der Waals surface area contributed by atoms with Crippen molar-refractivity contribution in [1.29, 1.82) is 0 Å². The molecular formula is C12H8BrF3N2O. The molecule has 2 rings (SSSR count). The Hall–Kier alpha value is -1.76. The van der Waals surface area contributed by atoms with Crippen molar-refractivity contribution in [2.24, 2.45) is 0 Å². The number of carbonyl (C=O) groups excluding carboxylic acids is 1. The quantitative estimate of drug-likeness (QED) is 0.856. The highest BCUT2D eigenvalue weighted by Gasteiger charge is 2.30. The second kappa shape index (κ2) is 5.08. The van der Waals surface area contributed by atoms with Gasteiger partial charge in [0.25, 0.3) is 5.91 Å². The molecule has 1 aromatic heterocycles. The average Bonchev–Trinajstić information content (AvgIpc) is 2.75. The molecule has 3 nitrogen and oxygen atoms in total. The summed E-state index contributed by atoms with van der Waals surface area (Å²) in [4.78, 5) is 14.4. The molecule has 0 bridgehead atoms. The number of carbonyl (C=O) groups is 1. The van der Waals surface area contributed by atoms with E-state index < -0.39 is 17.6 Å². The SMILES string of the molecule is O=C(Nc1cccc(C(F)(F)F)c1)c1cc(Br)c[nH]1. The molecule has 2 aromatic rings. The van der Waals surface area contributed by atoms with Crippen LogP contribution in [-0.2, 0) is 6.18 Å². The Balaban J connectivity index is 2.18. The number of alkyl halides is 3. The lowest BCUT2D eigenvalue weighted by Gasteiger charge is -2.09. The van der Waals surface area contributed by atoms with Gasteiger partial charge >= 0.3 is 6.18 Å². The van der Waals surface area contributed by atoms with Crippen molar-refractivity contribution in [3.63, 3.8) is 0 Å². The van der Waals surface area contributed by atoms with E-state index in [-0.39, 0.29) is 11.4 Å². The van der Waals surface area contributed by atoms with E-state index in [1.54, 1.807) is 6.20 Å². The van der Waals surface area contributed by atoms with Crippen LogP contribution in [0.5, 0.6) is 0 Å². The fourth-order valence-corrected chi connectivity index (χ4v) is 1.81. The fourth-order valence-electron chi connectivity index (χ4n) is 1.47. The van der Waals surface area contributed by atoms with Gasteiger partial charge in [-0.05, 0) is 40.2 Å². The predicted octanol–water partition coefficient (Wildman–Crippen LogP) is 4.05. The first-order chi connectivity index (χ1) is 8.86. The van der Waals surface area contributed by atoms with Crippen LogP contribution in [0.15, 0.2) is 41.0 Å². The van der Waals surface area contributed by atoms with E-state index in [1.807, 2.05) is 0 Å². The van der Waals surface area contributed by atoms with E-state index in [0.717, 1.165) is 12.1 Å². The van der Waals surface area contributed by atoms with E-state index >= 15 is 0 Å². The number of hydrogen-bond donors (Lipinski definition) is 2. The van der Waals surface area contributed by atoms with Crippen molar-refractivity contribution in [2.45, 2.75) is 6.18 Å². The monoisotopic (exact) mass is 332 g/mol. The molecule has 100 valence electrons. The Labute approximate surface area is 115 Å². The van der Waals surface area contributed by atoms with Gasteiger partial charge in [0.05, 0.1) is 5.56 Å². The third-order valence-corrected chi connectivity index (χ3v) is 2.80. The van der Waals surface area contributed by atoms with Crippen molar-refractivity contribution in [1.82, 2.24) is 4.98 Å². The molecule has 2 N–H and O–H groups in total. The summed E-state index contributed by atoms with van der Waals surface area (Å²) in [5.41, 5.74) is -0.465. The maximum Gasteiger partial charge on any atom is 0.416 e. The molecule has 0 radical (unpaired) electrons. The minimum absolute atomic E-state index is 0.0885. The first kappa shape index (κ1) is 13.7. The number of aromatic amines is 1. The fraction of sp³-hybridized carbons (Fsp3) is 0.0833. The van der Waals surface area contributed by atoms with Gasteiger partial charge in [-0.3, -0.25) is 4.79 Å². The number of aromatic nitrogens is 1. The molecule has 0 fully saturated rings. The number of H-pyrrole nitrogens is 1. The zero-order valence-corrected chi connectivity index (χ0v) is 11.0. The maximum absolute atomic E-state index is 12.5. The van der Waals surface area contributed by atoms with Crippen LogP contribution in [0.4, 0.5) is 18.9 Å². The van der Waals surface area contributed by atoms with Gasteiger partial charge in [-0.2, -0.15) is 13.2 Å². The van der Waals surface area contributed by atoms with Gasteiger partial charge in [-0.15, -0.1) is 0 Å². The van der Waals surface area contributed by atoms with Gasteiger partial charge in [0, 0.05) is 16.4 Å². The Bertz CT molecular complexity index is 607. The van der Waals surface area contributed by atoms with Gasteiger partial charge in [-0.25, -0.2) is 0 Å². The summed E-state index contributed by atoms with van der Waals surface area (Å²) in [7, 11) is 0. The predicted molar refractivity (Wildman–Crippen MR) is 67.9 cm³/mol. The van der Waals surface area contributed by atoms with Crippen molar-refractivity contribution in [3.05, 3.63) is 52.3 Å². The topological polar surface area (TPSA) is 44.9 Å². The van der Waals surface area contributed by atoms with Crippen LogP contribution >= 0.6 is 15.9 Å². The highest BCUT2D eigenvalue weighted by atomic mass is 79.9. The van der Waals surface area contributed by atoms with Gasteiger partial charge in [-0.1, -0.05) is 6.07 Å². The Morgan fingerprint density at radius 1 is 1.26 bits per heavy atom. The summed E-state index contributed by atoms with van der Waals surface area (Å²) in [6.07, 6.45) is -2.88. The molecule has 0 aliphatic rings. The van der Waals surface area contributed by atoms with Crippen LogP contribution in [0.25, 0.3) is 0 Å². The lowest BCUT2D eigenvalue weighted by Crippen LogP contribution is -2.13. The molecule has 1 amide bonds. The van der Waals surface area contributed by atoms with Crippen molar-refractivity contribution in [2.75, 3.05) is 5.32 Å². The van der Waals surface area contributed by atoms with Crippen molar-refractivity contribution < 1.29 is 18.0 Å². The minimum Gasteiger partial charge on any atom is -0.356 e. The average molecular weight is 333 g/mol. The van der Waals surface area contributed by atoms with Crippen LogP contribution in [0.2, 0.25) is 0 Å². The van der Waals surface area contributed by atoms with E-state index in [4.69, 9.17) is 0 Å². The van der Waals surface area contributed by atoms with E-state index in [0.29, 0.717) is 4.47 Å². The number of hydrogen-bond acceptors (Lipinski definition) is 1. The normalized spacial score (nSPS) is 11.4. The molecule has 0 unspecified atom stereocenters. The zero-order chi connectivity index (χ0) is 14.0. The first-order valence-electron chi connectivity index (χ1n) is 5.19. The smallest absolute Gasteiger partial charge is 0.356 e. The van der Waals surface area contributed by atoms with E-state index in [2.05, 4.69) is 26.2 Å². The molecule has 1 aromatic carbocycles. The summed E-state index contributed by atoms with van der Waals surface area (Å²) in [5.74, 6) is -0.509. The zero-order valence-electron chi connectivity index (χ0n) is 9.38. The number of benzene rings is 1. The molecule has 0 aliphatic carbocycles. The summed E-state index contributed by atoms with van der Waals surface area (Å²) in [6.45, 7) is 0. The van der Waals surface area contributed by atoms with Crippen LogP contribution in [0.3, 0.4) is 0 Å². The first-order valence-corrected chi connectivity index (χ1v) is 5.98. The molecule has 0 saturated heterocycles. The summed E-state index contributed by atoms with van der Waals surface area (Å²) >= 11 is 3.16. The summed E-state index contributed by atoms with van der Waals surface area (Å²) in [6, 6.07) is 5.99. The van der Waals surface area contributed by atoms with Gasteiger partial charge < -0.3 is 10.3 Å². The molecule has 0 atom stereocenters. The van der Waals surface area contributed by atoms with E-state index in [1.165, 1.54) is 18.2 Å². The Morgan fingerprint density at radius 2 is 2.00 bits per heavy atom. The highest BCUT2D eigenvalue weighted by molar-refractivity contribution is 9.10. The van der Waals surface area contributed by atoms with Crippen LogP contribution in [0.1, 0.15) is 16.1 Å². The molecule has 0 aliphatic heterocycles. The number of rotatable bonds is 2. The molecule has 19 heavy (non-hydrogen) atoms. The van der Waals surface area contributed by atoms with Gasteiger partial charge in [0.2, 0.25) is 0 Å². The number of amides is 1. The van der Waals surface area contributed by atoms with Crippen LogP contribution < -0.4 is 5.32 Å². The Morgan fingerprint density at radius 3 is 2.58 bits per heavy atom. The van der Waals surface area contributed by atoms with Crippen LogP contribution in [0, 0.1) is 0 Å². The Kier molecular flexibility index (Phi) is 3.66. The second-order valence-electron chi connectivity index (χ2n) is 3.76. The van der Waals surface area contributed by atoms with E-state index in [9.17, 15) is 18.0 Å². The standard InChI is InChI=1S/C12H8BrF3N2O/c13-8-5-10(17-6-8)11(19)18-9-3-1-2-7(4-9)12(14,15)16/h1-6,17H,(H,18,19). The molecular weight excluding hydrogens is 325 g/mol. The largest absolute Gasteiger partial charge is 0.416 e. The van der Waals surface area contributed by atoms with Crippen LogP contribution in [-0.4, -0.2) is 10.9 Å². The summed E-state index contributed by atoms with van der Waals surface area (Å²) in [5, 5.41) is 2.39. The number of anilines is 1. The molecule has 0 spiro atoms. The summed E-state index contributed by atoms with van der Waals surface area (Å²) < 4.78 is 38.2. The third kappa shape index (κ3) is 3.37. The van der Waals surface area contributed by atoms with Crippen molar-refractivity contribution in [3.8, 4) is 0 Å². The lowest BCUT2D eigenvalue weighted by atomic mass is 10.2.